The molecule has 298 valence electrons. The Morgan fingerprint density at radius 1 is 1.00 bits per heavy atom. The van der Waals surface area contributed by atoms with E-state index in [1.807, 2.05) is 25.5 Å². The molecule has 1 saturated heterocycles. The van der Waals surface area contributed by atoms with Gasteiger partial charge in [0.05, 0.1) is 18.3 Å². The Balaban J connectivity index is 1.57. The molecule has 5 amide bonds. The van der Waals surface area contributed by atoms with Gasteiger partial charge in [0.25, 0.3) is 5.91 Å². The third-order valence-corrected chi connectivity index (χ3v) is 10.8. The van der Waals surface area contributed by atoms with E-state index < -0.39 is 80.8 Å². The van der Waals surface area contributed by atoms with E-state index in [4.69, 9.17) is 9.47 Å². The zero-order chi connectivity index (χ0) is 40.2. The third-order valence-electron chi connectivity index (χ3n) is 8.99. The molecule has 1 aromatic rings. The number of ketones is 1. The standard InChI is InChI=1S/C37H52FN5O10S/c1-8-28(31(45)41-54(50,51)25-13-14-25)39-32(46)30-18-24(52-35(49)42-19-22-10-9-11-27(38)26(22)21-42)20-43(30)33(47)29(40-34(48)53-37(5,6)7)15-12-23(44)16-17-36(2,3)4/h9-11,16-17,24-25,28-30H,8,12-15,18-21H2,1-7H3,(H,39,46)(H,40,48)(H,41,45)/b17-16+/t24-,28?,29+,30+/m1/s1. The largest absolute Gasteiger partial charge is 0.444 e. The van der Waals surface area contributed by atoms with Crippen LogP contribution >= 0.6 is 0 Å². The van der Waals surface area contributed by atoms with Crippen LogP contribution < -0.4 is 15.4 Å². The van der Waals surface area contributed by atoms with Crippen LogP contribution in [0, 0.1) is 11.2 Å². The number of nitrogens with one attached hydrogen (secondary N) is 3. The Hall–Kier alpha value is -4.54. The number of carbonyl (C=O) groups excluding carboxylic acids is 6. The minimum absolute atomic E-state index is 0.00986. The number of ether oxygens (including phenoxy) is 2. The first kappa shape index (κ1) is 42.2. The molecule has 2 fully saturated rings. The van der Waals surface area contributed by atoms with Gasteiger partial charge in [-0.25, -0.2) is 22.4 Å². The van der Waals surface area contributed by atoms with Gasteiger partial charge in [0.2, 0.25) is 21.8 Å². The maximum atomic E-state index is 14.4. The smallest absolute Gasteiger partial charge is 0.410 e. The van der Waals surface area contributed by atoms with E-state index in [2.05, 4.69) is 10.6 Å². The second-order valence-corrected chi connectivity index (χ2v) is 18.0. The summed E-state index contributed by atoms with van der Waals surface area (Å²) in [4.78, 5) is 82.6. The summed E-state index contributed by atoms with van der Waals surface area (Å²) in [6, 6.07) is 0.531. The van der Waals surface area contributed by atoms with Gasteiger partial charge >= 0.3 is 12.2 Å². The number of sulfonamides is 1. The van der Waals surface area contributed by atoms with Crippen molar-refractivity contribution in [3.05, 3.63) is 47.3 Å². The highest BCUT2D eigenvalue weighted by atomic mass is 32.2. The molecule has 2 heterocycles. The lowest BCUT2D eigenvalue weighted by Crippen LogP contribution is -2.56. The molecule has 3 aliphatic rings. The molecule has 1 aromatic carbocycles. The first-order chi connectivity index (χ1) is 25.1. The van der Waals surface area contributed by atoms with Gasteiger partial charge in [-0.1, -0.05) is 45.9 Å². The molecule has 0 spiro atoms. The Morgan fingerprint density at radius 2 is 1.69 bits per heavy atom. The predicted octanol–water partition coefficient (Wildman–Crippen LogP) is 3.60. The molecule has 4 atom stereocenters. The first-order valence-electron chi connectivity index (χ1n) is 18.2. The lowest BCUT2D eigenvalue weighted by Gasteiger charge is -2.30. The molecule has 0 aromatic heterocycles. The summed E-state index contributed by atoms with van der Waals surface area (Å²) in [6.07, 6.45) is 0.629. The Morgan fingerprint density at radius 3 is 2.28 bits per heavy atom. The van der Waals surface area contributed by atoms with Gasteiger partial charge in [-0.05, 0) is 69.6 Å². The summed E-state index contributed by atoms with van der Waals surface area (Å²) in [5.74, 6) is -3.33. The normalized spacial score (nSPS) is 19.9. The van der Waals surface area contributed by atoms with Crippen LogP contribution in [0.5, 0.6) is 0 Å². The number of allylic oxidation sites excluding steroid dienone is 2. The third kappa shape index (κ3) is 11.7. The fourth-order valence-electron chi connectivity index (χ4n) is 6.02. The van der Waals surface area contributed by atoms with Crippen LogP contribution in [-0.4, -0.2) is 95.5 Å². The molecule has 0 bridgehead atoms. The number of hydrogen-bond acceptors (Lipinski definition) is 10. The highest BCUT2D eigenvalue weighted by Crippen LogP contribution is 2.29. The van der Waals surface area contributed by atoms with Crippen LogP contribution in [0.4, 0.5) is 14.0 Å². The van der Waals surface area contributed by atoms with Gasteiger partial charge in [0.1, 0.15) is 35.6 Å². The quantitative estimate of drug-likeness (QED) is 0.249. The minimum Gasteiger partial charge on any atom is -0.444 e. The van der Waals surface area contributed by atoms with Crippen molar-refractivity contribution in [3.63, 3.8) is 0 Å². The number of amides is 5. The van der Waals surface area contributed by atoms with Gasteiger partial charge < -0.3 is 25.0 Å². The van der Waals surface area contributed by atoms with E-state index in [0.717, 1.165) is 4.90 Å². The number of carbonyl (C=O) groups is 6. The van der Waals surface area contributed by atoms with Crippen LogP contribution in [-0.2, 0) is 51.8 Å². The zero-order valence-corrected chi connectivity index (χ0v) is 32.7. The maximum Gasteiger partial charge on any atom is 0.410 e. The Bertz CT molecular complexity index is 1770. The van der Waals surface area contributed by atoms with Gasteiger partial charge in [-0.15, -0.1) is 0 Å². The van der Waals surface area contributed by atoms with E-state index in [-0.39, 0.29) is 56.5 Å². The predicted molar refractivity (Wildman–Crippen MR) is 194 cm³/mol. The van der Waals surface area contributed by atoms with Crippen LogP contribution in [0.3, 0.4) is 0 Å². The summed E-state index contributed by atoms with van der Waals surface area (Å²) in [7, 11) is -3.92. The van der Waals surface area contributed by atoms with Gasteiger partial charge in [0.15, 0.2) is 5.78 Å². The number of nitrogens with zero attached hydrogens (tertiary/aromatic N) is 2. The van der Waals surface area contributed by atoms with Crippen molar-refractivity contribution >= 4 is 45.7 Å². The molecule has 2 aliphatic heterocycles. The van der Waals surface area contributed by atoms with Crippen molar-refractivity contribution in [3.8, 4) is 0 Å². The molecule has 3 N–H and O–H groups in total. The van der Waals surface area contributed by atoms with Crippen molar-refractivity contribution in [2.45, 2.75) is 135 Å². The average Bonchev–Trinajstić information content (AvgIpc) is 3.71. The Labute approximate surface area is 315 Å². The molecular formula is C37H52FN5O10S. The zero-order valence-electron chi connectivity index (χ0n) is 31.9. The van der Waals surface area contributed by atoms with Gasteiger partial charge in [0, 0.05) is 24.9 Å². The number of benzene rings is 1. The van der Waals surface area contributed by atoms with Gasteiger partial charge in [-0.2, -0.15) is 0 Å². The van der Waals surface area contributed by atoms with Gasteiger partial charge in [-0.3, -0.25) is 28.8 Å². The molecule has 4 rings (SSSR count). The van der Waals surface area contributed by atoms with Crippen molar-refractivity contribution < 1.29 is 51.0 Å². The summed E-state index contributed by atoms with van der Waals surface area (Å²) in [6.45, 7) is 11.9. The SMILES string of the molecule is CCC(NC(=O)[C@@H]1C[C@@H](OC(=O)N2Cc3cccc(F)c3C2)CN1C(=O)[C@H](CCC(=O)/C=C/C(C)(C)C)NC(=O)OC(C)(C)C)C(=O)NS(=O)(=O)C1CC1. The van der Waals surface area contributed by atoms with Crippen molar-refractivity contribution in [1.82, 2.24) is 25.2 Å². The van der Waals surface area contributed by atoms with Crippen LogP contribution in [0.25, 0.3) is 0 Å². The van der Waals surface area contributed by atoms with Crippen molar-refractivity contribution in [2.75, 3.05) is 6.54 Å². The number of likely N-dealkylation sites (tertiary alicyclic amines) is 1. The molecule has 1 saturated carbocycles. The summed E-state index contributed by atoms with van der Waals surface area (Å²) in [5, 5.41) is 4.38. The monoisotopic (exact) mass is 777 g/mol. The average molecular weight is 778 g/mol. The topological polar surface area (TPSA) is 198 Å². The van der Waals surface area contributed by atoms with Crippen LogP contribution in [0.15, 0.2) is 30.4 Å². The Kier molecular flexibility index (Phi) is 13.2. The van der Waals surface area contributed by atoms with Crippen molar-refractivity contribution in [2.24, 2.45) is 5.41 Å². The van der Waals surface area contributed by atoms with E-state index in [1.54, 1.807) is 39.8 Å². The lowest BCUT2D eigenvalue weighted by atomic mass is 9.95. The second kappa shape index (κ2) is 16.9. The van der Waals surface area contributed by atoms with E-state index in [0.29, 0.717) is 24.0 Å². The molecular weight excluding hydrogens is 725 g/mol. The molecule has 15 nitrogen and oxygen atoms in total. The highest BCUT2D eigenvalue weighted by molar-refractivity contribution is 7.90. The number of halogens is 1. The molecule has 1 unspecified atom stereocenters. The summed E-state index contributed by atoms with van der Waals surface area (Å²) in [5.41, 5.74) is -0.253. The summed E-state index contributed by atoms with van der Waals surface area (Å²) >= 11 is 0. The van der Waals surface area contributed by atoms with E-state index in [1.165, 1.54) is 23.1 Å². The lowest BCUT2D eigenvalue weighted by molar-refractivity contribution is -0.141. The number of rotatable bonds is 13. The molecule has 1 aliphatic carbocycles. The minimum atomic E-state index is -3.92. The first-order valence-corrected chi connectivity index (χ1v) is 19.7. The highest BCUT2D eigenvalue weighted by Gasteiger charge is 2.45. The number of fused-ring (bicyclic) bond motifs is 1. The fraction of sp³-hybridized carbons (Fsp3) is 0.622. The van der Waals surface area contributed by atoms with E-state index >= 15 is 0 Å². The van der Waals surface area contributed by atoms with Crippen LogP contribution in [0.1, 0.15) is 98.1 Å². The molecule has 17 heteroatoms. The van der Waals surface area contributed by atoms with Crippen LogP contribution in [0.2, 0.25) is 0 Å². The van der Waals surface area contributed by atoms with E-state index in [9.17, 15) is 41.6 Å². The fourth-order valence-corrected chi connectivity index (χ4v) is 7.36. The summed E-state index contributed by atoms with van der Waals surface area (Å²) < 4.78 is 52.5. The van der Waals surface area contributed by atoms with Crippen molar-refractivity contribution in [1.29, 1.82) is 0 Å². The number of alkyl carbamates (subject to hydrolysis) is 1. The number of hydrogen-bond donors (Lipinski definition) is 3. The molecule has 0 radical (unpaired) electrons. The maximum absolute atomic E-state index is 14.4. The second-order valence-electron chi connectivity index (χ2n) is 16.1. The molecule has 54 heavy (non-hydrogen) atoms.